The lowest BCUT2D eigenvalue weighted by molar-refractivity contribution is -0.384. The van der Waals surface area contributed by atoms with Crippen LogP contribution >= 0.6 is 23.2 Å². The van der Waals surface area contributed by atoms with Crippen LogP contribution in [0.1, 0.15) is 10.4 Å². The second kappa shape index (κ2) is 7.54. The van der Waals surface area contributed by atoms with Crippen molar-refractivity contribution in [3.8, 4) is 11.5 Å². The lowest BCUT2D eigenvalue weighted by Crippen LogP contribution is -2.12. The quantitative estimate of drug-likeness (QED) is 0.319. The molecule has 4 rings (SSSR count). The van der Waals surface area contributed by atoms with Crippen LogP contribution in [0.2, 0.25) is 10.0 Å². The molecule has 0 aliphatic rings. The number of carbonyl (C=O) groups excluding carboxylic acids is 1. The Morgan fingerprint density at radius 2 is 1.90 bits per heavy atom. The van der Waals surface area contributed by atoms with E-state index >= 15 is 0 Å². The minimum atomic E-state index is -0.590. The van der Waals surface area contributed by atoms with Gasteiger partial charge in [-0.1, -0.05) is 29.3 Å². The third kappa shape index (κ3) is 3.91. The van der Waals surface area contributed by atoms with Gasteiger partial charge in [-0.2, -0.15) is 0 Å². The summed E-state index contributed by atoms with van der Waals surface area (Å²) in [5, 5.41) is 14.3. The SMILES string of the molecule is O=C(Nc1cccc(-c2nc3cc(Cl)ccc3o2)c1)c1cc([N+](=O)[O-])ccc1Cl. The number of halogens is 2. The fraction of sp³-hybridized carbons (Fsp3) is 0. The van der Waals surface area contributed by atoms with Gasteiger partial charge in [0, 0.05) is 28.4 Å². The van der Waals surface area contributed by atoms with E-state index in [1.54, 1.807) is 42.5 Å². The normalized spacial score (nSPS) is 10.8. The van der Waals surface area contributed by atoms with Crippen molar-refractivity contribution in [2.45, 2.75) is 0 Å². The Bertz CT molecular complexity index is 1270. The Morgan fingerprint density at radius 3 is 2.69 bits per heavy atom. The number of nitrogens with one attached hydrogen (secondary N) is 1. The van der Waals surface area contributed by atoms with Crippen LogP contribution in [0, 0.1) is 10.1 Å². The first-order valence-electron chi connectivity index (χ1n) is 8.32. The number of non-ortho nitro benzene ring substituents is 1. The number of amides is 1. The van der Waals surface area contributed by atoms with Gasteiger partial charge in [-0.15, -0.1) is 0 Å². The number of aromatic nitrogens is 1. The molecule has 0 bridgehead atoms. The van der Waals surface area contributed by atoms with Crippen LogP contribution in [-0.4, -0.2) is 15.8 Å². The van der Waals surface area contributed by atoms with E-state index in [4.69, 9.17) is 27.6 Å². The molecule has 0 spiro atoms. The van der Waals surface area contributed by atoms with Crippen LogP contribution in [0.4, 0.5) is 11.4 Å². The van der Waals surface area contributed by atoms with Crippen molar-refractivity contribution in [1.29, 1.82) is 0 Å². The number of fused-ring (bicyclic) bond motifs is 1. The maximum atomic E-state index is 12.6. The first kappa shape index (κ1) is 18.9. The fourth-order valence-electron chi connectivity index (χ4n) is 2.75. The van der Waals surface area contributed by atoms with Gasteiger partial charge in [-0.05, 0) is 42.5 Å². The number of rotatable bonds is 4. The summed E-state index contributed by atoms with van der Waals surface area (Å²) in [5.41, 5.74) is 2.07. The molecule has 0 unspecified atom stereocenters. The zero-order valence-corrected chi connectivity index (χ0v) is 16.1. The summed E-state index contributed by atoms with van der Waals surface area (Å²) in [6, 6.07) is 15.7. The second-order valence-corrected chi connectivity index (χ2v) is 6.93. The Morgan fingerprint density at radius 1 is 1.07 bits per heavy atom. The van der Waals surface area contributed by atoms with Crippen molar-refractivity contribution in [3.05, 3.63) is 86.4 Å². The van der Waals surface area contributed by atoms with Crippen molar-refractivity contribution in [2.24, 2.45) is 0 Å². The fourth-order valence-corrected chi connectivity index (χ4v) is 3.12. The van der Waals surface area contributed by atoms with E-state index in [2.05, 4.69) is 10.3 Å². The summed E-state index contributed by atoms with van der Waals surface area (Å²) in [6.45, 7) is 0. The topological polar surface area (TPSA) is 98.3 Å². The van der Waals surface area contributed by atoms with E-state index in [1.807, 2.05) is 0 Å². The average molecular weight is 428 g/mol. The molecule has 0 saturated heterocycles. The predicted molar refractivity (Wildman–Crippen MR) is 111 cm³/mol. The molecule has 0 radical (unpaired) electrons. The molecule has 0 saturated carbocycles. The highest BCUT2D eigenvalue weighted by Crippen LogP contribution is 2.28. The molecular weight excluding hydrogens is 417 g/mol. The Labute approximate surface area is 174 Å². The summed E-state index contributed by atoms with van der Waals surface area (Å²) in [6.07, 6.45) is 0. The highest BCUT2D eigenvalue weighted by atomic mass is 35.5. The van der Waals surface area contributed by atoms with Crippen LogP contribution in [0.15, 0.2) is 65.1 Å². The Balaban J connectivity index is 1.63. The highest BCUT2D eigenvalue weighted by molar-refractivity contribution is 6.34. The minimum Gasteiger partial charge on any atom is -0.436 e. The molecule has 1 N–H and O–H groups in total. The smallest absolute Gasteiger partial charge is 0.270 e. The van der Waals surface area contributed by atoms with Gasteiger partial charge in [0.15, 0.2) is 5.58 Å². The number of nitrogens with zero attached hydrogens (tertiary/aromatic N) is 2. The van der Waals surface area contributed by atoms with E-state index in [-0.39, 0.29) is 16.3 Å². The number of carbonyl (C=O) groups is 1. The van der Waals surface area contributed by atoms with Crippen molar-refractivity contribution >= 4 is 51.6 Å². The Hall–Kier alpha value is -3.42. The van der Waals surface area contributed by atoms with Gasteiger partial charge in [0.05, 0.1) is 15.5 Å². The minimum absolute atomic E-state index is 0.00257. The zero-order valence-electron chi connectivity index (χ0n) is 14.6. The molecule has 4 aromatic rings. The molecular formula is C20H11Cl2N3O4. The van der Waals surface area contributed by atoms with Crippen LogP contribution < -0.4 is 5.32 Å². The number of oxazole rings is 1. The second-order valence-electron chi connectivity index (χ2n) is 6.09. The van der Waals surface area contributed by atoms with Gasteiger partial charge in [-0.3, -0.25) is 14.9 Å². The number of anilines is 1. The van der Waals surface area contributed by atoms with Crippen LogP contribution in [0.3, 0.4) is 0 Å². The van der Waals surface area contributed by atoms with E-state index in [9.17, 15) is 14.9 Å². The van der Waals surface area contributed by atoms with Gasteiger partial charge >= 0.3 is 0 Å². The lowest BCUT2D eigenvalue weighted by atomic mass is 10.1. The summed E-state index contributed by atoms with van der Waals surface area (Å²) < 4.78 is 5.74. The molecule has 0 aliphatic heterocycles. The van der Waals surface area contributed by atoms with Gasteiger partial charge in [0.25, 0.3) is 11.6 Å². The summed E-state index contributed by atoms with van der Waals surface area (Å²) >= 11 is 12.0. The van der Waals surface area contributed by atoms with Crippen molar-refractivity contribution in [2.75, 3.05) is 5.32 Å². The highest BCUT2D eigenvalue weighted by Gasteiger charge is 2.17. The molecule has 0 aliphatic carbocycles. The molecule has 144 valence electrons. The molecule has 29 heavy (non-hydrogen) atoms. The number of nitro groups is 1. The molecule has 0 fully saturated rings. The van der Waals surface area contributed by atoms with E-state index in [1.165, 1.54) is 12.1 Å². The summed E-state index contributed by atoms with van der Waals surface area (Å²) in [5.74, 6) is -0.202. The first-order valence-corrected chi connectivity index (χ1v) is 9.08. The summed E-state index contributed by atoms with van der Waals surface area (Å²) in [4.78, 5) is 27.3. The Kier molecular flexibility index (Phi) is 4.92. The maximum absolute atomic E-state index is 12.6. The molecule has 3 aromatic carbocycles. The van der Waals surface area contributed by atoms with Gasteiger partial charge in [0.2, 0.25) is 5.89 Å². The van der Waals surface area contributed by atoms with Crippen molar-refractivity contribution in [3.63, 3.8) is 0 Å². The molecule has 7 nitrogen and oxygen atoms in total. The van der Waals surface area contributed by atoms with Gasteiger partial charge in [-0.25, -0.2) is 4.98 Å². The van der Waals surface area contributed by atoms with E-state index < -0.39 is 10.8 Å². The van der Waals surface area contributed by atoms with E-state index in [0.29, 0.717) is 33.3 Å². The van der Waals surface area contributed by atoms with Crippen LogP contribution in [-0.2, 0) is 0 Å². The predicted octanol–water partition coefficient (Wildman–Crippen LogP) is 5.96. The number of benzene rings is 3. The average Bonchev–Trinajstić information content (AvgIpc) is 3.11. The third-order valence-corrected chi connectivity index (χ3v) is 4.69. The lowest BCUT2D eigenvalue weighted by Gasteiger charge is -2.07. The van der Waals surface area contributed by atoms with Gasteiger partial charge < -0.3 is 9.73 Å². The number of hydrogen-bond acceptors (Lipinski definition) is 5. The standard InChI is InChI=1S/C20H11Cl2N3O4/c21-12-4-7-18-17(9-12)24-20(29-18)11-2-1-3-13(8-11)23-19(26)15-10-14(25(27)28)5-6-16(15)22/h1-10H,(H,23,26). The first-order chi connectivity index (χ1) is 13.9. The van der Waals surface area contributed by atoms with Gasteiger partial charge in [0.1, 0.15) is 5.52 Å². The molecule has 1 aromatic heterocycles. The van der Waals surface area contributed by atoms with E-state index in [0.717, 1.165) is 6.07 Å². The number of nitro benzene ring substituents is 1. The molecule has 1 amide bonds. The third-order valence-electron chi connectivity index (χ3n) is 4.12. The molecule has 9 heteroatoms. The number of hydrogen-bond donors (Lipinski definition) is 1. The van der Waals surface area contributed by atoms with Crippen LogP contribution in [0.25, 0.3) is 22.6 Å². The maximum Gasteiger partial charge on any atom is 0.270 e. The summed E-state index contributed by atoms with van der Waals surface area (Å²) in [7, 11) is 0. The van der Waals surface area contributed by atoms with Crippen LogP contribution in [0.5, 0.6) is 0 Å². The largest absolute Gasteiger partial charge is 0.436 e. The zero-order chi connectivity index (χ0) is 20.5. The monoisotopic (exact) mass is 427 g/mol. The molecule has 0 atom stereocenters. The molecule has 1 heterocycles. The van der Waals surface area contributed by atoms with Crippen molar-refractivity contribution < 1.29 is 14.1 Å². The van der Waals surface area contributed by atoms with Crippen molar-refractivity contribution in [1.82, 2.24) is 4.98 Å².